The van der Waals surface area contributed by atoms with Gasteiger partial charge < -0.3 is 10.0 Å². The SMILES string of the molecule is CC1CCC(C(=O)N2CCCC(C(=O)O)C2)CC1. The Morgan fingerprint density at radius 1 is 1.06 bits per heavy atom. The van der Waals surface area contributed by atoms with E-state index in [4.69, 9.17) is 5.11 Å². The Morgan fingerprint density at radius 3 is 2.33 bits per heavy atom. The summed E-state index contributed by atoms with van der Waals surface area (Å²) in [6.07, 6.45) is 5.76. The van der Waals surface area contributed by atoms with E-state index in [9.17, 15) is 9.59 Å². The molecule has 1 saturated heterocycles. The van der Waals surface area contributed by atoms with Crippen molar-refractivity contribution in [2.75, 3.05) is 13.1 Å². The summed E-state index contributed by atoms with van der Waals surface area (Å²) in [5.74, 6) is -0.0289. The van der Waals surface area contributed by atoms with Crippen LogP contribution in [0.3, 0.4) is 0 Å². The van der Waals surface area contributed by atoms with Crippen molar-refractivity contribution in [3.8, 4) is 0 Å². The molecule has 0 bridgehead atoms. The van der Waals surface area contributed by atoms with Crippen LogP contribution in [0.2, 0.25) is 0 Å². The lowest BCUT2D eigenvalue weighted by Crippen LogP contribution is -2.45. The molecule has 4 nitrogen and oxygen atoms in total. The molecular weight excluding hydrogens is 230 g/mol. The molecule has 1 saturated carbocycles. The molecule has 1 atom stereocenters. The number of carboxylic acids is 1. The number of aliphatic carboxylic acids is 1. The normalized spacial score (nSPS) is 33.2. The van der Waals surface area contributed by atoms with Gasteiger partial charge in [-0.25, -0.2) is 0 Å². The number of hydrogen-bond donors (Lipinski definition) is 1. The summed E-state index contributed by atoms with van der Waals surface area (Å²) < 4.78 is 0. The topological polar surface area (TPSA) is 57.6 Å². The predicted octanol–water partition coefficient (Wildman–Crippen LogP) is 2.14. The number of carbonyl (C=O) groups is 2. The van der Waals surface area contributed by atoms with Gasteiger partial charge >= 0.3 is 5.97 Å². The summed E-state index contributed by atoms with van der Waals surface area (Å²) in [4.78, 5) is 25.2. The molecular formula is C14H23NO3. The number of amides is 1. The van der Waals surface area contributed by atoms with Gasteiger partial charge in [-0.1, -0.05) is 6.92 Å². The number of rotatable bonds is 2. The van der Waals surface area contributed by atoms with Crippen molar-refractivity contribution in [3.63, 3.8) is 0 Å². The van der Waals surface area contributed by atoms with Crippen molar-refractivity contribution in [2.45, 2.75) is 45.4 Å². The average molecular weight is 253 g/mol. The minimum atomic E-state index is -0.759. The molecule has 18 heavy (non-hydrogen) atoms. The molecule has 1 heterocycles. The lowest BCUT2D eigenvalue weighted by molar-refractivity contribution is -0.147. The largest absolute Gasteiger partial charge is 0.481 e. The summed E-state index contributed by atoms with van der Waals surface area (Å²) >= 11 is 0. The van der Waals surface area contributed by atoms with Crippen molar-refractivity contribution in [3.05, 3.63) is 0 Å². The van der Waals surface area contributed by atoms with Crippen molar-refractivity contribution in [2.24, 2.45) is 17.8 Å². The van der Waals surface area contributed by atoms with Gasteiger partial charge in [-0.2, -0.15) is 0 Å². The van der Waals surface area contributed by atoms with E-state index in [1.807, 2.05) is 0 Å². The van der Waals surface area contributed by atoms with E-state index in [1.54, 1.807) is 4.90 Å². The molecule has 0 spiro atoms. The molecule has 0 aromatic carbocycles. The Labute approximate surface area is 108 Å². The van der Waals surface area contributed by atoms with E-state index in [0.29, 0.717) is 13.0 Å². The third kappa shape index (κ3) is 3.03. The van der Waals surface area contributed by atoms with Crippen LogP contribution < -0.4 is 0 Å². The third-order valence-electron chi connectivity index (χ3n) is 4.45. The predicted molar refractivity (Wildman–Crippen MR) is 68.1 cm³/mol. The van der Waals surface area contributed by atoms with Crippen LogP contribution in [0.5, 0.6) is 0 Å². The highest BCUT2D eigenvalue weighted by molar-refractivity contribution is 5.80. The first-order valence-corrected chi connectivity index (χ1v) is 7.09. The van der Waals surface area contributed by atoms with Crippen LogP contribution in [-0.4, -0.2) is 35.0 Å². The Balaban J connectivity index is 1.90. The van der Waals surface area contributed by atoms with Gasteiger partial charge in [0, 0.05) is 19.0 Å². The molecule has 1 aliphatic heterocycles. The number of carbonyl (C=O) groups excluding carboxylic acids is 1. The molecule has 2 rings (SSSR count). The van der Waals surface area contributed by atoms with Crippen LogP contribution in [0.1, 0.15) is 45.4 Å². The smallest absolute Gasteiger partial charge is 0.308 e. The van der Waals surface area contributed by atoms with Crippen LogP contribution in [0.15, 0.2) is 0 Å². The standard InChI is InChI=1S/C14H23NO3/c1-10-4-6-11(7-5-10)13(16)15-8-2-3-12(9-15)14(17)18/h10-12H,2-9H2,1H3,(H,17,18). The first kappa shape index (κ1) is 13.4. The monoisotopic (exact) mass is 253 g/mol. The van der Waals surface area contributed by atoms with E-state index in [1.165, 1.54) is 0 Å². The quantitative estimate of drug-likeness (QED) is 0.820. The Hall–Kier alpha value is -1.06. The van der Waals surface area contributed by atoms with Gasteiger partial charge in [0.25, 0.3) is 0 Å². The minimum Gasteiger partial charge on any atom is -0.481 e. The van der Waals surface area contributed by atoms with Gasteiger partial charge in [0.15, 0.2) is 0 Å². The van der Waals surface area contributed by atoms with Gasteiger partial charge in [0.2, 0.25) is 5.91 Å². The highest BCUT2D eigenvalue weighted by atomic mass is 16.4. The molecule has 2 fully saturated rings. The maximum absolute atomic E-state index is 12.4. The Kier molecular flexibility index (Phi) is 4.25. The van der Waals surface area contributed by atoms with E-state index < -0.39 is 5.97 Å². The van der Waals surface area contributed by atoms with Crippen molar-refractivity contribution in [1.82, 2.24) is 4.90 Å². The van der Waals surface area contributed by atoms with E-state index in [2.05, 4.69) is 6.92 Å². The average Bonchev–Trinajstić information content (AvgIpc) is 2.39. The fourth-order valence-electron chi connectivity index (χ4n) is 3.14. The van der Waals surface area contributed by atoms with Gasteiger partial charge in [0.05, 0.1) is 5.92 Å². The van der Waals surface area contributed by atoms with E-state index in [-0.39, 0.29) is 17.7 Å². The molecule has 1 unspecified atom stereocenters. The zero-order valence-corrected chi connectivity index (χ0v) is 11.1. The van der Waals surface area contributed by atoms with Crippen molar-refractivity contribution < 1.29 is 14.7 Å². The molecule has 0 aromatic heterocycles. The summed E-state index contributed by atoms with van der Waals surface area (Å²) in [6.45, 7) is 3.40. The number of hydrogen-bond acceptors (Lipinski definition) is 2. The Bertz CT molecular complexity index is 321. The van der Waals surface area contributed by atoms with E-state index in [0.717, 1.165) is 44.6 Å². The van der Waals surface area contributed by atoms with Gasteiger partial charge in [-0.15, -0.1) is 0 Å². The fraction of sp³-hybridized carbons (Fsp3) is 0.857. The van der Waals surface area contributed by atoms with E-state index >= 15 is 0 Å². The van der Waals surface area contributed by atoms with Crippen molar-refractivity contribution in [1.29, 1.82) is 0 Å². The zero-order valence-electron chi connectivity index (χ0n) is 11.1. The lowest BCUT2D eigenvalue weighted by Gasteiger charge is -2.35. The number of piperidine rings is 1. The fourth-order valence-corrected chi connectivity index (χ4v) is 3.14. The van der Waals surface area contributed by atoms with Crippen LogP contribution in [0, 0.1) is 17.8 Å². The first-order chi connectivity index (χ1) is 8.58. The summed E-state index contributed by atoms with van der Waals surface area (Å²) in [5, 5.41) is 9.04. The second-order valence-corrected chi connectivity index (χ2v) is 5.92. The molecule has 1 N–H and O–H groups in total. The van der Waals surface area contributed by atoms with Crippen LogP contribution in [-0.2, 0) is 9.59 Å². The highest BCUT2D eigenvalue weighted by Crippen LogP contribution is 2.30. The van der Waals surface area contributed by atoms with Crippen molar-refractivity contribution >= 4 is 11.9 Å². The molecule has 102 valence electrons. The number of likely N-dealkylation sites (tertiary alicyclic amines) is 1. The maximum Gasteiger partial charge on any atom is 0.308 e. The summed E-state index contributed by atoms with van der Waals surface area (Å²) in [5.41, 5.74) is 0. The Morgan fingerprint density at radius 2 is 1.72 bits per heavy atom. The molecule has 0 aromatic rings. The van der Waals surface area contributed by atoms with Gasteiger partial charge in [0.1, 0.15) is 0 Å². The van der Waals surface area contributed by atoms with Gasteiger partial charge in [-0.05, 0) is 44.4 Å². The lowest BCUT2D eigenvalue weighted by atomic mass is 9.82. The summed E-state index contributed by atoms with van der Waals surface area (Å²) in [6, 6.07) is 0. The molecule has 4 heteroatoms. The zero-order chi connectivity index (χ0) is 13.1. The van der Waals surface area contributed by atoms with Crippen LogP contribution in [0.4, 0.5) is 0 Å². The highest BCUT2D eigenvalue weighted by Gasteiger charge is 2.32. The number of carboxylic acid groups (broad SMARTS) is 1. The molecule has 2 aliphatic rings. The second-order valence-electron chi connectivity index (χ2n) is 5.92. The molecule has 1 aliphatic carbocycles. The van der Waals surface area contributed by atoms with Gasteiger partial charge in [-0.3, -0.25) is 9.59 Å². The van der Waals surface area contributed by atoms with Crippen LogP contribution in [0.25, 0.3) is 0 Å². The maximum atomic E-state index is 12.4. The first-order valence-electron chi connectivity index (χ1n) is 7.09. The minimum absolute atomic E-state index is 0.147. The number of nitrogens with zero attached hydrogens (tertiary/aromatic N) is 1. The molecule has 1 amide bonds. The molecule has 0 radical (unpaired) electrons. The second kappa shape index (κ2) is 5.72. The third-order valence-corrected chi connectivity index (χ3v) is 4.45. The van der Waals surface area contributed by atoms with Crippen LogP contribution >= 0.6 is 0 Å². The summed E-state index contributed by atoms with van der Waals surface area (Å²) in [7, 11) is 0.